The highest BCUT2D eigenvalue weighted by molar-refractivity contribution is 7.10. The number of carbonyl (C=O) groups excluding carboxylic acids is 3. The summed E-state index contributed by atoms with van der Waals surface area (Å²) in [5.74, 6) is -0.375. The summed E-state index contributed by atoms with van der Waals surface area (Å²) >= 11 is 3.42. The first-order valence-electron chi connectivity index (χ1n) is 10.4. The zero-order chi connectivity index (χ0) is 20.0. The molecule has 2 aromatic rings. The normalized spacial score (nSPS) is 26.6. The maximum Gasteiger partial charge on any atom is 0.233 e. The van der Waals surface area contributed by atoms with Crippen molar-refractivity contribution in [1.29, 1.82) is 0 Å². The van der Waals surface area contributed by atoms with E-state index in [-0.39, 0.29) is 48.6 Å². The van der Waals surface area contributed by atoms with Crippen LogP contribution in [-0.4, -0.2) is 40.6 Å². The Labute approximate surface area is 178 Å². The molecular formula is C22H24N2O3S2. The number of carbonyl (C=O) groups is 3. The van der Waals surface area contributed by atoms with E-state index in [2.05, 4.69) is 17.5 Å². The Balaban J connectivity index is 1.32. The lowest BCUT2D eigenvalue weighted by Crippen LogP contribution is -2.42. The number of hydrogen-bond acceptors (Lipinski definition) is 5. The molecule has 152 valence electrons. The van der Waals surface area contributed by atoms with Gasteiger partial charge in [0.15, 0.2) is 0 Å². The Morgan fingerprint density at radius 2 is 1.79 bits per heavy atom. The largest absolute Gasteiger partial charge is 0.330 e. The molecule has 29 heavy (non-hydrogen) atoms. The van der Waals surface area contributed by atoms with Gasteiger partial charge in [0.05, 0.1) is 17.9 Å². The lowest BCUT2D eigenvalue weighted by Gasteiger charge is -2.36. The summed E-state index contributed by atoms with van der Waals surface area (Å²) < 4.78 is 0. The van der Waals surface area contributed by atoms with Crippen molar-refractivity contribution >= 4 is 40.4 Å². The van der Waals surface area contributed by atoms with Crippen molar-refractivity contribution in [2.45, 2.75) is 44.6 Å². The van der Waals surface area contributed by atoms with Crippen molar-refractivity contribution in [3.8, 4) is 0 Å². The number of fused-ring (bicyclic) bond motifs is 2. The summed E-state index contributed by atoms with van der Waals surface area (Å²) in [5.41, 5.74) is 1.22. The second-order valence-corrected chi connectivity index (χ2v) is 10.1. The lowest BCUT2D eigenvalue weighted by atomic mass is 9.81. The lowest BCUT2D eigenvalue weighted by molar-refractivity contribution is -0.141. The number of rotatable bonds is 4. The van der Waals surface area contributed by atoms with Gasteiger partial charge in [-0.05, 0) is 47.7 Å². The highest BCUT2D eigenvalue weighted by Crippen LogP contribution is 2.40. The molecule has 5 rings (SSSR count). The molecule has 0 N–H and O–H groups in total. The van der Waals surface area contributed by atoms with Gasteiger partial charge >= 0.3 is 0 Å². The third-order valence-corrected chi connectivity index (χ3v) is 8.50. The second kappa shape index (κ2) is 7.69. The molecule has 0 spiro atoms. The standard InChI is InChI=1S/C22H24N2O3S2/c25-19(8-11-24-21(26)14-4-1-2-5-15(14)22(24)27)23-10-7-17-16(9-13-29-17)20(23)18-6-3-12-28-18/h3,6,9,12-15,20H,1-2,4-5,7-8,10-11H2/t14-,15+,20-/m1/s1. The predicted octanol–water partition coefficient (Wildman–Crippen LogP) is 3.85. The molecule has 2 aliphatic heterocycles. The van der Waals surface area contributed by atoms with Crippen LogP contribution in [0.5, 0.6) is 0 Å². The van der Waals surface area contributed by atoms with Crippen LogP contribution in [0.25, 0.3) is 0 Å². The van der Waals surface area contributed by atoms with Gasteiger partial charge in [0.1, 0.15) is 0 Å². The van der Waals surface area contributed by atoms with E-state index in [4.69, 9.17) is 0 Å². The number of hydrogen-bond donors (Lipinski definition) is 0. The van der Waals surface area contributed by atoms with Crippen molar-refractivity contribution in [3.63, 3.8) is 0 Å². The molecule has 2 aromatic heterocycles. The topological polar surface area (TPSA) is 57.7 Å². The average molecular weight is 429 g/mol. The van der Waals surface area contributed by atoms with Gasteiger partial charge in [0.25, 0.3) is 0 Å². The molecule has 1 saturated carbocycles. The van der Waals surface area contributed by atoms with Gasteiger partial charge in [-0.1, -0.05) is 18.9 Å². The van der Waals surface area contributed by atoms with Crippen LogP contribution in [0, 0.1) is 11.8 Å². The summed E-state index contributed by atoms with van der Waals surface area (Å²) in [6.45, 7) is 0.899. The molecule has 0 aromatic carbocycles. The van der Waals surface area contributed by atoms with E-state index in [1.165, 1.54) is 15.3 Å². The number of likely N-dealkylation sites (tertiary alicyclic amines) is 1. The third kappa shape index (κ3) is 3.24. The van der Waals surface area contributed by atoms with Crippen LogP contribution in [0.1, 0.15) is 53.5 Å². The molecule has 4 heterocycles. The van der Waals surface area contributed by atoms with E-state index in [9.17, 15) is 14.4 Å². The average Bonchev–Trinajstić information content (AvgIpc) is 3.48. The molecule has 0 bridgehead atoms. The first-order chi connectivity index (χ1) is 14.1. The fourth-order valence-electron chi connectivity index (χ4n) is 5.14. The Morgan fingerprint density at radius 3 is 2.48 bits per heavy atom. The van der Waals surface area contributed by atoms with Crippen molar-refractivity contribution in [2.75, 3.05) is 13.1 Å². The van der Waals surface area contributed by atoms with E-state index in [0.29, 0.717) is 6.54 Å². The number of amides is 3. The van der Waals surface area contributed by atoms with Crippen LogP contribution in [0.4, 0.5) is 0 Å². The Kier molecular flexibility index (Phi) is 5.04. The summed E-state index contributed by atoms with van der Waals surface area (Å²) in [6.07, 6.45) is 4.74. The smallest absolute Gasteiger partial charge is 0.233 e. The van der Waals surface area contributed by atoms with Crippen molar-refractivity contribution in [1.82, 2.24) is 9.80 Å². The van der Waals surface area contributed by atoms with E-state index >= 15 is 0 Å². The minimum Gasteiger partial charge on any atom is -0.330 e. The molecule has 3 atom stereocenters. The van der Waals surface area contributed by atoms with E-state index in [0.717, 1.165) is 37.0 Å². The van der Waals surface area contributed by atoms with Crippen molar-refractivity contribution in [3.05, 3.63) is 44.3 Å². The highest BCUT2D eigenvalue weighted by atomic mass is 32.1. The van der Waals surface area contributed by atoms with Crippen molar-refractivity contribution < 1.29 is 14.4 Å². The SMILES string of the molecule is O=C1[C@H]2CCCC[C@H]2C(=O)N1CCC(=O)N1CCc2sccc2[C@@H]1c1cccs1. The zero-order valence-electron chi connectivity index (χ0n) is 16.2. The molecule has 1 aliphatic carbocycles. The fraction of sp³-hybridized carbons (Fsp3) is 0.500. The highest BCUT2D eigenvalue weighted by Gasteiger charge is 2.48. The first kappa shape index (κ1) is 19.0. The van der Waals surface area contributed by atoms with E-state index in [1.807, 2.05) is 16.3 Å². The number of imide groups is 1. The molecule has 2 fully saturated rings. The predicted molar refractivity (Wildman–Crippen MR) is 113 cm³/mol. The van der Waals surface area contributed by atoms with Crippen LogP contribution >= 0.6 is 22.7 Å². The molecule has 3 aliphatic rings. The number of thiophene rings is 2. The number of nitrogens with zero attached hydrogens (tertiary/aromatic N) is 2. The Bertz CT molecular complexity index is 912. The van der Waals surface area contributed by atoms with E-state index < -0.39 is 0 Å². The third-order valence-electron chi connectivity index (χ3n) is 6.58. The van der Waals surface area contributed by atoms with E-state index in [1.54, 1.807) is 22.7 Å². The van der Waals surface area contributed by atoms with Gasteiger partial charge in [0.2, 0.25) is 17.7 Å². The zero-order valence-corrected chi connectivity index (χ0v) is 17.8. The van der Waals surface area contributed by atoms with Crippen LogP contribution in [0.3, 0.4) is 0 Å². The summed E-state index contributed by atoms with van der Waals surface area (Å²) in [6, 6.07) is 6.18. The summed E-state index contributed by atoms with van der Waals surface area (Å²) in [4.78, 5) is 44.4. The Morgan fingerprint density at radius 1 is 1.03 bits per heavy atom. The van der Waals surface area contributed by atoms with Crippen molar-refractivity contribution in [2.24, 2.45) is 11.8 Å². The van der Waals surface area contributed by atoms with Crippen LogP contribution in [0.15, 0.2) is 29.0 Å². The van der Waals surface area contributed by atoms with Crippen LogP contribution < -0.4 is 0 Å². The quantitative estimate of drug-likeness (QED) is 0.695. The minimum atomic E-state index is -0.145. The van der Waals surface area contributed by atoms with Gasteiger partial charge in [-0.25, -0.2) is 0 Å². The van der Waals surface area contributed by atoms with Gasteiger partial charge in [0, 0.05) is 29.3 Å². The van der Waals surface area contributed by atoms with Crippen LogP contribution in [0.2, 0.25) is 0 Å². The van der Waals surface area contributed by atoms with Gasteiger partial charge in [-0.15, -0.1) is 22.7 Å². The molecule has 3 amide bonds. The van der Waals surface area contributed by atoms with Crippen LogP contribution in [-0.2, 0) is 20.8 Å². The second-order valence-electron chi connectivity index (χ2n) is 8.13. The molecule has 5 nitrogen and oxygen atoms in total. The molecule has 0 unspecified atom stereocenters. The maximum atomic E-state index is 13.2. The molecule has 7 heteroatoms. The fourth-order valence-corrected chi connectivity index (χ4v) is 6.90. The molecular weight excluding hydrogens is 404 g/mol. The molecule has 1 saturated heterocycles. The monoisotopic (exact) mass is 428 g/mol. The summed E-state index contributed by atoms with van der Waals surface area (Å²) in [7, 11) is 0. The minimum absolute atomic E-state index is 0.0238. The van der Waals surface area contributed by atoms with Gasteiger partial charge in [-0.3, -0.25) is 19.3 Å². The molecule has 0 radical (unpaired) electrons. The first-order valence-corrected chi connectivity index (χ1v) is 12.2. The summed E-state index contributed by atoms with van der Waals surface area (Å²) in [5, 5.41) is 4.14. The van der Waals surface area contributed by atoms with Gasteiger partial charge in [-0.2, -0.15) is 0 Å². The van der Waals surface area contributed by atoms with Gasteiger partial charge < -0.3 is 4.90 Å². The Hall–Kier alpha value is -1.99. The maximum absolute atomic E-state index is 13.2.